The molecule has 2 nitrogen and oxygen atoms in total. The first-order valence-electron chi connectivity index (χ1n) is 10.6. The third-order valence-corrected chi connectivity index (χ3v) is 6.57. The van der Waals surface area contributed by atoms with Crippen molar-refractivity contribution in [2.45, 2.75) is 12.8 Å². The number of fused-ring (bicyclic) bond motifs is 8. The van der Waals surface area contributed by atoms with Gasteiger partial charge < -0.3 is 48.1 Å². The quantitative estimate of drug-likeness (QED) is 0.168. The molecule has 0 aliphatic heterocycles. The van der Waals surface area contributed by atoms with Gasteiger partial charge in [-0.3, -0.25) is 5.56 Å². The maximum atomic E-state index is 5.95. The number of benzene rings is 4. The Labute approximate surface area is 215 Å². The van der Waals surface area contributed by atoms with Gasteiger partial charge in [0, 0.05) is 25.0 Å². The van der Waals surface area contributed by atoms with Crippen LogP contribution in [0.1, 0.15) is 22.3 Å². The van der Waals surface area contributed by atoms with E-state index in [1.807, 2.05) is 6.07 Å². The zero-order chi connectivity index (χ0) is 20.9. The van der Waals surface area contributed by atoms with Gasteiger partial charge in [0.2, 0.25) is 0 Å². The molecule has 0 saturated carbocycles. The van der Waals surface area contributed by atoms with Crippen LogP contribution in [0.15, 0.2) is 72.8 Å². The summed E-state index contributed by atoms with van der Waals surface area (Å²) in [6.45, 7) is 0. The van der Waals surface area contributed by atoms with E-state index >= 15 is 0 Å². The van der Waals surface area contributed by atoms with Gasteiger partial charge in [-0.15, -0.1) is 6.42 Å². The van der Waals surface area contributed by atoms with E-state index in [2.05, 4.69) is 72.8 Å². The SMILES string of the molecule is COc1cc2ccccc2c2c1Cc1[c-]c[cH-]c1Cc1c(OC)cc3ccccc3c1-2.[CH3-].[CH3-].[Rh]. The van der Waals surface area contributed by atoms with Gasteiger partial charge in [0.15, 0.2) is 0 Å². The van der Waals surface area contributed by atoms with Crippen LogP contribution < -0.4 is 9.47 Å². The molecule has 0 spiro atoms. The van der Waals surface area contributed by atoms with Gasteiger partial charge in [0.25, 0.3) is 0 Å². The molecule has 177 valence electrons. The molecule has 0 unspecified atom stereocenters. The summed E-state index contributed by atoms with van der Waals surface area (Å²) in [5, 5.41) is 4.86. The van der Waals surface area contributed by atoms with Crippen molar-refractivity contribution in [2.24, 2.45) is 0 Å². The second kappa shape index (κ2) is 10.1. The predicted octanol–water partition coefficient (Wildman–Crippen LogP) is 7.59. The van der Waals surface area contributed by atoms with E-state index in [9.17, 15) is 0 Å². The molecule has 0 aromatic heterocycles. The molecular weight excluding hydrogens is 507 g/mol. The van der Waals surface area contributed by atoms with Crippen molar-refractivity contribution in [3.63, 3.8) is 0 Å². The van der Waals surface area contributed by atoms with Crippen LogP contribution in [0, 0.1) is 20.9 Å². The molecule has 5 aromatic rings. The van der Waals surface area contributed by atoms with Gasteiger partial charge in [0.1, 0.15) is 11.5 Å². The fourth-order valence-electron chi connectivity index (χ4n) is 5.15. The van der Waals surface area contributed by atoms with Crippen molar-refractivity contribution >= 4 is 21.5 Å². The Morgan fingerprint density at radius 1 is 0.735 bits per heavy atom. The normalized spacial score (nSPS) is 11.5. The van der Waals surface area contributed by atoms with Crippen LogP contribution in [0.25, 0.3) is 32.7 Å². The van der Waals surface area contributed by atoms with Crippen LogP contribution in [0.2, 0.25) is 0 Å². The summed E-state index contributed by atoms with van der Waals surface area (Å²) in [6.07, 6.45) is 1.63. The molecule has 0 bridgehead atoms. The Kier molecular flexibility index (Phi) is 7.58. The smallest absolute Gasteiger partial charge is 0.123 e. The number of methoxy groups -OCH3 is 2. The minimum absolute atomic E-state index is 0. The number of ether oxygens (including phenoxy) is 2. The Bertz CT molecular complexity index is 1350. The van der Waals surface area contributed by atoms with Crippen LogP contribution in [0.5, 0.6) is 11.5 Å². The summed E-state index contributed by atoms with van der Waals surface area (Å²) in [5.74, 6) is 1.86. The average molecular weight is 535 g/mol. The molecule has 0 heterocycles. The minimum atomic E-state index is 0. The van der Waals surface area contributed by atoms with Crippen molar-refractivity contribution in [3.8, 4) is 22.6 Å². The third kappa shape index (κ3) is 3.83. The second-order valence-electron chi connectivity index (χ2n) is 8.14. The molecule has 5 aromatic carbocycles. The first kappa shape index (κ1) is 25.6. The molecule has 0 fully saturated rings. The summed E-state index contributed by atoms with van der Waals surface area (Å²) in [4.78, 5) is 0. The van der Waals surface area contributed by atoms with Gasteiger partial charge in [-0.2, -0.15) is 0 Å². The summed E-state index contributed by atoms with van der Waals surface area (Å²) in [6, 6.07) is 29.2. The predicted molar refractivity (Wildman–Crippen MR) is 139 cm³/mol. The molecule has 0 atom stereocenters. The maximum absolute atomic E-state index is 5.95. The molecule has 34 heavy (non-hydrogen) atoms. The molecule has 0 N–H and O–H groups in total. The Hall–Kier alpha value is -3.03. The summed E-state index contributed by atoms with van der Waals surface area (Å²) >= 11 is 0. The van der Waals surface area contributed by atoms with Gasteiger partial charge in [0.05, 0.1) is 14.2 Å². The van der Waals surface area contributed by atoms with E-state index in [0.29, 0.717) is 0 Å². The summed E-state index contributed by atoms with van der Waals surface area (Å²) < 4.78 is 11.9. The topological polar surface area (TPSA) is 18.5 Å². The minimum Gasteiger partial charge on any atom is -0.496 e. The molecule has 1 aliphatic carbocycles. The zero-order valence-electron chi connectivity index (χ0n) is 20.0. The van der Waals surface area contributed by atoms with Gasteiger partial charge >= 0.3 is 0 Å². The fraction of sp³-hybridized carbons (Fsp3) is 0.129. The third-order valence-electron chi connectivity index (χ3n) is 6.57. The molecule has 1 radical (unpaired) electrons. The fourth-order valence-corrected chi connectivity index (χ4v) is 5.15. The van der Waals surface area contributed by atoms with E-state index in [1.54, 1.807) is 14.2 Å². The monoisotopic (exact) mass is 535 g/mol. The molecule has 1 aliphatic rings. The van der Waals surface area contributed by atoms with Crippen LogP contribution in [-0.2, 0) is 32.3 Å². The first-order valence-corrected chi connectivity index (χ1v) is 10.6. The average Bonchev–Trinajstić information content (AvgIpc) is 3.23. The van der Waals surface area contributed by atoms with Gasteiger partial charge in [-0.25, -0.2) is 0 Å². The van der Waals surface area contributed by atoms with Crippen LogP contribution in [0.3, 0.4) is 0 Å². The maximum Gasteiger partial charge on any atom is 0.123 e. The van der Waals surface area contributed by atoms with E-state index in [4.69, 9.17) is 9.47 Å². The van der Waals surface area contributed by atoms with Crippen LogP contribution >= 0.6 is 0 Å². The molecule has 0 saturated heterocycles. The molecule has 6 rings (SSSR count). The van der Waals surface area contributed by atoms with E-state index in [-0.39, 0.29) is 34.3 Å². The molecule has 3 heteroatoms. The first-order chi connectivity index (χ1) is 15.3. The van der Waals surface area contributed by atoms with Gasteiger partial charge in [-0.1, -0.05) is 48.5 Å². The Balaban J connectivity index is 0.00000108. The Morgan fingerprint density at radius 2 is 1.24 bits per heavy atom. The van der Waals surface area contributed by atoms with Crippen molar-refractivity contribution in [1.82, 2.24) is 0 Å². The van der Waals surface area contributed by atoms with Crippen LogP contribution in [0.4, 0.5) is 0 Å². The van der Waals surface area contributed by atoms with Crippen molar-refractivity contribution < 1.29 is 29.0 Å². The van der Waals surface area contributed by atoms with E-state index in [1.165, 1.54) is 54.9 Å². The van der Waals surface area contributed by atoms with Crippen molar-refractivity contribution in [1.29, 1.82) is 0 Å². The Morgan fingerprint density at radius 3 is 1.76 bits per heavy atom. The molecular formula is C31H28O2Rh-4. The van der Waals surface area contributed by atoms with Gasteiger partial charge in [-0.05, 0) is 56.8 Å². The summed E-state index contributed by atoms with van der Waals surface area (Å²) in [5.41, 5.74) is 7.48. The standard InChI is InChI=1S/C29H22O2.2CH3.Rh/c1-30-26-16-20-8-3-5-12-22(20)28-24(26)14-18-10-7-11-19(18)15-25-27(31-2)17-21-9-4-6-13-23(21)29(25)28;;;/h3-10,12-13,16-17H,14-15H2,1-2H3;2*1H3;/q-2;2*-1;. The van der Waals surface area contributed by atoms with Crippen LogP contribution in [-0.4, -0.2) is 14.2 Å². The van der Waals surface area contributed by atoms with Crippen molar-refractivity contribution in [2.75, 3.05) is 14.2 Å². The van der Waals surface area contributed by atoms with Crippen molar-refractivity contribution in [3.05, 3.63) is 116 Å². The largest absolute Gasteiger partial charge is 0.496 e. The van der Waals surface area contributed by atoms with E-state index in [0.717, 1.165) is 24.3 Å². The zero-order valence-corrected chi connectivity index (χ0v) is 21.6. The summed E-state index contributed by atoms with van der Waals surface area (Å²) in [7, 11) is 3.54. The van der Waals surface area contributed by atoms with E-state index < -0.39 is 0 Å². The number of hydrogen-bond acceptors (Lipinski definition) is 2. The molecule has 0 amide bonds. The number of hydrogen-bond donors (Lipinski definition) is 0. The second-order valence-corrected chi connectivity index (χ2v) is 8.14. The number of rotatable bonds is 2.